The largest absolute Gasteiger partial charge is 0.356 e. The Bertz CT molecular complexity index is 298. The van der Waals surface area contributed by atoms with Gasteiger partial charge in [0.1, 0.15) is 0 Å². The fourth-order valence-electron chi connectivity index (χ4n) is 3.87. The molecule has 4 heteroatoms. The zero-order valence-electron chi connectivity index (χ0n) is 12.8. The Morgan fingerprint density at radius 1 is 1.20 bits per heavy atom. The third-order valence-corrected chi connectivity index (χ3v) is 5.09. The molecule has 2 aliphatic rings. The van der Waals surface area contributed by atoms with E-state index in [1.807, 2.05) is 0 Å². The average Bonchev–Trinajstić information content (AvgIpc) is 2.75. The van der Waals surface area contributed by atoms with Crippen molar-refractivity contribution in [1.29, 1.82) is 0 Å². The Balaban J connectivity index is 0.00000200. The molecule has 2 saturated carbocycles. The molecule has 0 bridgehead atoms. The van der Waals surface area contributed by atoms with Crippen molar-refractivity contribution in [1.82, 2.24) is 5.32 Å². The van der Waals surface area contributed by atoms with Crippen molar-refractivity contribution in [2.24, 2.45) is 23.5 Å². The highest BCUT2D eigenvalue weighted by Gasteiger charge is 2.26. The molecule has 2 rings (SSSR count). The molecule has 0 radical (unpaired) electrons. The van der Waals surface area contributed by atoms with E-state index in [1.54, 1.807) is 0 Å². The fraction of sp³-hybridized carbons (Fsp3) is 0.938. The van der Waals surface area contributed by atoms with Crippen LogP contribution in [-0.4, -0.2) is 18.5 Å². The van der Waals surface area contributed by atoms with Gasteiger partial charge < -0.3 is 11.1 Å². The van der Waals surface area contributed by atoms with Crippen LogP contribution in [0.4, 0.5) is 0 Å². The van der Waals surface area contributed by atoms with Crippen LogP contribution >= 0.6 is 12.4 Å². The molecule has 20 heavy (non-hydrogen) atoms. The Labute approximate surface area is 129 Å². The van der Waals surface area contributed by atoms with E-state index in [0.717, 1.165) is 37.6 Å². The molecule has 0 aliphatic heterocycles. The summed E-state index contributed by atoms with van der Waals surface area (Å²) in [5, 5.41) is 3.10. The smallest absolute Gasteiger partial charge is 0.220 e. The molecule has 3 N–H and O–H groups in total. The molecular weight excluding hydrogens is 272 g/mol. The molecule has 0 saturated heterocycles. The molecule has 2 fully saturated rings. The Morgan fingerprint density at radius 3 is 2.60 bits per heavy atom. The lowest BCUT2D eigenvalue weighted by Gasteiger charge is -2.26. The number of hydrogen-bond donors (Lipinski definition) is 2. The molecule has 0 heterocycles. The predicted octanol–water partition coefficient (Wildman–Crippen LogP) is 3.26. The lowest BCUT2D eigenvalue weighted by Crippen LogP contribution is -2.32. The first-order valence-corrected chi connectivity index (χ1v) is 8.17. The highest BCUT2D eigenvalue weighted by Crippen LogP contribution is 2.30. The minimum Gasteiger partial charge on any atom is -0.356 e. The standard InChI is InChI=1S/C16H30N2O.ClH/c1-12-4-2-5-13(10-12)8-9-18-16(19)11-14-6-3-7-15(14)17;/h12-15H,2-11,17H2,1H3,(H,18,19);1H/t12?,13?,14-,15+;/m0./s1. The van der Waals surface area contributed by atoms with Crippen LogP contribution in [0.25, 0.3) is 0 Å². The van der Waals surface area contributed by atoms with Gasteiger partial charge in [0.25, 0.3) is 0 Å². The molecule has 2 aliphatic carbocycles. The Hall–Kier alpha value is -0.280. The average molecular weight is 303 g/mol. The van der Waals surface area contributed by atoms with Crippen LogP contribution in [0.1, 0.15) is 64.7 Å². The zero-order valence-corrected chi connectivity index (χ0v) is 13.6. The van der Waals surface area contributed by atoms with Crippen molar-refractivity contribution in [3.63, 3.8) is 0 Å². The normalized spacial score (nSPS) is 33.5. The van der Waals surface area contributed by atoms with E-state index in [-0.39, 0.29) is 24.4 Å². The molecule has 4 atom stereocenters. The van der Waals surface area contributed by atoms with Gasteiger partial charge in [0.15, 0.2) is 0 Å². The van der Waals surface area contributed by atoms with Crippen LogP contribution in [0.5, 0.6) is 0 Å². The maximum absolute atomic E-state index is 11.9. The molecule has 3 nitrogen and oxygen atoms in total. The van der Waals surface area contributed by atoms with Crippen LogP contribution in [0.15, 0.2) is 0 Å². The number of nitrogens with two attached hydrogens (primary N) is 1. The van der Waals surface area contributed by atoms with Crippen LogP contribution in [0.2, 0.25) is 0 Å². The van der Waals surface area contributed by atoms with Crippen molar-refractivity contribution in [3.8, 4) is 0 Å². The SMILES string of the molecule is CC1CCCC(CCNC(=O)C[C@@H]2CCC[C@H]2N)C1.Cl. The van der Waals surface area contributed by atoms with Crippen LogP contribution < -0.4 is 11.1 Å². The van der Waals surface area contributed by atoms with Gasteiger partial charge in [-0.2, -0.15) is 0 Å². The van der Waals surface area contributed by atoms with Crippen LogP contribution in [0.3, 0.4) is 0 Å². The van der Waals surface area contributed by atoms with Gasteiger partial charge in [0.2, 0.25) is 5.91 Å². The number of carbonyl (C=O) groups excluding carboxylic acids is 1. The Morgan fingerprint density at radius 2 is 1.95 bits per heavy atom. The van der Waals surface area contributed by atoms with Gasteiger partial charge in [0.05, 0.1) is 0 Å². The number of hydrogen-bond acceptors (Lipinski definition) is 2. The molecule has 0 spiro atoms. The molecule has 118 valence electrons. The summed E-state index contributed by atoms with van der Waals surface area (Å²) in [4.78, 5) is 11.9. The monoisotopic (exact) mass is 302 g/mol. The maximum atomic E-state index is 11.9. The summed E-state index contributed by atoms with van der Waals surface area (Å²) >= 11 is 0. The van der Waals surface area contributed by atoms with E-state index < -0.39 is 0 Å². The number of rotatable bonds is 5. The number of amides is 1. The number of halogens is 1. The van der Waals surface area contributed by atoms with Crippen molar-refractivity contribution in [2.75, 3.05) is 6.54 Å². The first-order valence-electron chi connectivity index (χ1n) is 8.17. The Kier molecular flexibility index (Phi) is 7.90. The van der Waals surface area contributed by atoms with Crippen molar-refractivity contribution < 1.29 is 4.79 Å². The fourth-order valence-corrected chi connectivity index (χ4v) is 3.87. The highest BCUT2D eigenvalue weighted by molar-refractivity contribution is 5.85. The van der Waals surface area contributed by atoms with E-state index >= 15 is 0 Å². The van der Waals surface area contributed by atoms with Gasteiger partial charge in [0, 0.05) is 19.0 Å². The summed E-state index contributed by atoms with van der Waals surface area (Å²) < 4.78 is 0. The van der Waals surface area contributed by atoms with Crippen molar-refractivity contribution in [2.45, 2.75) is 70.8 Å². The van der Waals surface area contributed by atoms with Gasteiger partial charge in [-0.05, 0) is 43.4 Å². The van der Waals surface area contributed by atoms with E-state index in [4.69, 9.17) is 5.73 Å². The summed E-state index contributed by atoms with van der Waals surface area (Å²) in [5.41, 5.74) is 6.01. The minimum absolute atomic E-state index is 0. The van der Waals surface area contributed by atoms with E-state index in [1.165, 1.54) is 32.1 Å². The number of carbonyl (C=O) groups is 1. The second-order valence-corrected chi connectivity index (χ2v) is 6.84. The van der Waals surface area contributed by atoms with E-state index in [0.29, 0.717) is 12.3 Å². The summed E-state index contributed by atoms with van der Waals surface area (Å²) in [6.07, 6.45) is 10.7. The van der Waals surface area contributed by atoms with Gasteiger partial charge in [-0.3, -0.25) is 4.79 Å². The second-order valence-electron chi connectivity index (χ2n) is 6.84. The molecule has 0 aromatic rings. The lowest BCUT2D eigenvalue weighted by molar-refractivity contribution is -0.122. The molecule has 1 amide bonds. The van der Waals surface area contributed by atoms with Crippen LogP contribution in [0, 0.1) is 17.8 Å². The van der Waals surface area contributed by atoms with Gasteiger partial charge >= 0.3 is 0 Å². The minimum atomic E-state index is 0. The second kappa shape index (κ2) is 8.89. The van der Waals surface area contributed by atoms with Gasteiger partial charge in [-0.15, -0.1) is 12.4 Å². The van der Waals surface area contributed by atoms with Gasteiger partial charge in [-0.25, -0.2) is 0 Å². The first kappa shape index (κ1) is 17.8. The van der Waals surface area contributed by atoms with Crippen LogP contribution in [-0.2, 0) is 4.79 Å². The third-order valence-electron chi connectivity index (χ3n) is 5.09. The highest BCUT2D eigenvalue weighted by atomic mass is 35.5. The number of nitrogens with one attached hydrogen (secondary N) is 1. The van der Waals surface area contributed by atoms with E-state index in [9.17, 15) is 4.79 Å². The molecule has 2 unspecified atom stereocenters. The molecule has 0 aromatic carbocycles. The van der Waals surface area contributed by atoms with Gasteiger partial charge in [-0.1, -0.05) is 32.6 Å². The quantitative estimate of drug-likeness (QED) is 0.819. The summed E-state index contributed by atoms with van der Waals surface area (Å²) in [7, 11) is 0. The molecule has 0 aromatic heterocycles. The lowest BCUT2D eigenvalue weighted by atomic mass is 9.81. The summed E-state index contributed by atoms with van der Waals surface area (Å²) in [6.45, 7) is 3.21. The van der Waals surface area contributed by atoms with Crippen molar-refractivity contribution in [3.05, 3.63) is 0 Å². The topological polar surface area (TPSA) is 55.1 Å². The zero-order chi connectivity index (χ0) is 13.7. The predicted molar refractivity (Wildman–Crippen MR) is 85.9 cm³/mol. The van der Waals surface area contributed by atoms with Crippen molar-refractivity contribution >= 4 is 18.3 Å². The molecular formula is C16H31ClN2O. The summed E-state index contributed by atoms with van der Waals surface area (Å²) in [6, 6.07) is 0.255. The maximum Gasteiger partial charge on any atom is 0.220 e. The summed E-state index contributed by atoms with van der Waals surface area (Å²) in [5.74, 6) is 2.35. The first-order chi connectivity index (χ1) is 9.15. The third kappa shape index (κ3) is 5.61. The van der Waals surface area contributed by atoms with E-state index in [2.05, 4.69) is 12.2 Å².